The first-order valence-electron chi connectivity index (χ1n) is 13.5. The van der Waals surface area contributed by atoms with Crippen molar-refractivity contribution in [2.45, 2.75) is 19.3 Å². The minimum Gasteiger partial charge on any atom is -0.265 e. The van der Waals surface area contributed by atoms with E-state index in [1.807, 2.05) is 24.8 Å². The van der Waals surface area contributed by atoms with Crippen LogP contribution < -0.4 is 0 Å². The maximum atomic E-state index is 4.26. The van der Waals surface area contributed by atoms with E-state index in [0.717, 1.165) is 0 Å². The minimum atomic E-state index is -0.389. The zero-order chi connectivity index (χ0) is 26.1. The molecular weight excluding hydrogens is 472 g/mol. The maximum absolute atomic E-state index is 4.26. The molecule has 2 aromatic heterocycles. The van der Waals surface area contributed by atoms with Gasteiger partial charge in [-0.1, -0.05) is 71.8 Å². The van der Waals surface area contributed by atoms with E-state index >= 15 is 0 Å². The zero-order valence-electron chi connectivity index (χ0n) is 21.9. The Labute approximate surface area is 228 Å². The van der Waals surface area contributed by atoms with Gasteiger partial charge in [-0.25, -0.2) is 0 Å². The number of hydrogen-bond acceptors (Lipinski definition) is 2. The molecule has 2 nitrogen and oxygen atoms in total. The molecule has 0 unspecified atom stereocenters. The summed E-state index contributed by atoms with van der Waals surface area (Å²) in [5.41, 5.74) is 17.7. The lowest BCUT2D eigenvalue weighted by atomic mass is 9.69. The normalized spacial score (nSPS) is 13.6. The molecule has 2 aliphatic carbocycles. The van der Waals surface area contributed by atoms with E-state index in [1.165, 1.54) is 77.9 Å². The Morgan fingerprint density at radius 3 is 1.15 bits per heavy atom. The summed E-state index contributed by atoms with van der Waals surface area (Å²) < 4.78 is 0. The van der Waals surface area contributed by atoms with Gasteiger partial charge in [0.2, 0.25) is 0 Å². The second-order valence-electron chi connectivity index (χ2n) is 10.8. The van der Waals surface area contributed by atoms with Crippen molar-refractivity contribution >= 4 is 0 Å². The van der Waals surface area contributed by atoms with Crippen molar-refractivity contribution in [2.75, 3.05) is 0 Å². The standard InChI is InChI=1S/C37H26N2/c1-23-3-7-29-31-9-5-27(25-11-15-38-16-12-25)21-35(31)37(33(29)19-23)34-20-24(2)4-8-30(34)32-10-6-28(22-36(32)37)26-13-17-39-18-14-26/h3-22H,1-2H3. The van der Waals surface area contributed by atoms with Crippen molar-refractivity contribution in [3.8, 4) is 44.5 Å². The van der Waals surface area contributed by atoms with Crippen LogP contribution in [0.1, 0.15) is 33.4 Å². The van der Waals surface area contributed by atoms with Crippen LogP contribution in [-0.2, 0) is 5.41 Å². The Balaban J connectivity index is 1.52. The van der Waals surface area contributed by atoms with Crippen LogP contribution >= 0.6 is 0 Å². The number of aryl methyl sites for hydroxylation is 2. The number of aromatic nitrogens is 2. The number of benzene rings is 4. The third kappa shape index (κ3) is 3.03. The zero-order valence-corrected chi connectivity index (χ0v) is 21.9. The summed E-state index contributed by atoms with van der Waals surface area (Å²) in [4.78, 5) is 8.52. The maximum Gasteiger partial charge on any atom is 0.0726 e. The predicted octanol–water partition coefficient (Wildman–Crippen LogP) is 8.77. The summed E-state index contributed by atoms with van der Waals surface area (Å²) >= 11 is 0. The summed E-state index contributed by atoms with van der Waals surface area (Å²) in [6.07, 6.45) is 7.50. The molecule has 0 N–H and O–H groups in total. The molecule has 8 rings (SSSR count). The molecule has 6 aromatic rings. The molecule has 0 saturated carbocycles. The van der Waals surface area contributed by atoms with Gasteiger partial charge in [0, 0.05) is 24.8 Å². The van der Waals surface area contributed by atoms with E-state index in [9.17, 15) is 0 Å². The van der Waals surface area contributed by atoms with Crippen molar-refractivity contribution in [3.63, 3.8) is 0 Å². The highest BCUT2D eigenvalue weighted by Crippen LogP contribution is 2.63. The molecule has 2 heteroatoms. The van der Waals surface area contributed by atoms with Crippen LogP contribution in [0.4, 0.5) is 0 Å². The van der Waals surface area contributed by atoms with Gasteiger partial charge in [0.15, 0.2) is 0 Å². The van der Waals surface area contributed by atoms with Crippen LogP contribution in [0.3, 0.4) is 0 Å². The summed E-state index contributed by atoms with van der Waals surface area (Å²) in [6.45, 7) is 4.42. The van der Waals surface area contributed by atoms with E-state index in [4.69, 9.17) is 0 Å². The highest BCUT2D eigenvalue weighted by Gasteiger charge is 2.52. The smallest absolute Gasteiger partial charge is 0.0726 e. The fourth-order valence-electron chi connectivity index (χ4n) is 6.90. The molecule has 2 aliphatic rings. The van der Waals surface area contributed by atoms with Gasteiger partial charge in [0.1, 0.15) is 0 Å². The van der Waals surface area contributed by atoms with Crippen molar-refractivity contribution in [1.82, 2.24) is 9.97 Å². The van der Waals surface area contributed by atoms with Crippen LogP contribution in [0.2, 0.25) is 0 Å². The lowest BCUT2D eigenvalue weighted by molar-refractivity contribution is 0.792. The summed E-state index contributed by atoms with van der Waals surface area (Å²) in [7, 11) is 0. The molecule has 0 saturated heterocycles. The molecule has 0 aliphatic heterocycles. The molecule has 2 heterocycles. The van der Waals surface area contributed by atoms with Gasteiger partial charge in [-0.05, 0) is 117 Å². The quantitative estimate of drug-likeness (QED) is 0.238. The highest BCUT2D eigenvalue weighted by molar-refractivity contribution is 5.97. The fourth-order valence-corrected chi connectivity index (χ4v) is 6.90. The highest BCUT2D eigenvalue weighted by atomic mass is 14.6. The molecule has 0 radical (unpaired) electrons. The van der Waals surface area contributed by atoms with Crippen molar-refractivity contribution < 1.29 is 0 Å². The molecule has 39 heavy (non-hydrogen) atoms. The average Bonchev–Trinajstić information content (AvgIpc) is 3.43. The average molecular weight is 499 g/mol. The molecule has 0 fully saturated rings. The first-order chi connectivity index (χ1) is 19.1. The van der Waals surface area contributed by atoms with Crippen molar-refractivity contribution in [2.24, 2.45) is 0 Å². The number of rotatable bonds is 2. The Bertz CT molecular complexity index is 1780. The van der Waals surface area contributed by atoms with E-state index in [-0.39, 0.29) is 5.41 Å². The topological polar surface area (TPSA) is 25.8 Å². The van der Waals surface area contributed by atoms with E-state index in [0.29, 0.717) is 0 Å². The van der Waals surface area contributed by atoms with E-state index in [1.54, 1.807) is 0 Å². The third-order valence-electron chi connectivity index (χ3n) is 8.61. The molecule has 0 amide bonds. The van der Waals surface area contributed by atoms with Gasteiger partial charge in [-0.15, -0.1) is 0 Å². The lowest BCUT2D eigenvalue weighted by Crippen LogP contribution is -2.26. The monoisotopic (exact) mass is 498 g/mol. The van der Waals surface area contributed by atoms with Gasteiger partial charge < -0.3 is 0 Å². The van der Waals surface area contributed by atoms with Gasteiger partial charge >= 0.3 is 0 Å². The van der Waals surface area contributed by atoms with Crippen LogP contribution in [0.15, 0.2) is 122 Å². The van der Waals surface area contributed by atoms with Crippen LogP contribution in [-0.4, -0.2) is 9.97 Å². The van der Waals surface area contributed by atoms with Gasteiger partial charge in [0.25, 0.3) is 0 Å². The third-order valence-corrected chi connectivity index (χ3v) is 8.61. The first kappa shape index (κ1) is 22.2. The van der Waals surface area contributed by atoms with E-state index < -0.39 is 0 Å². The SMILES string of the molecule is Cc1ccc2c(c1)C1(c3cc(C)ccc3-c3ccc(-c4ccncc4)cc31)c1cc(-c3ccncc3)ccc1-2. The molecule has 0 atom stereocenters. The summed E-state index contributed by atoms with van der Waals surface area (Å²) in [5.74, 6) is 0. The van der Waals surface area contributed by atoms with Crippen molar-refractivity contribution in [1.29, 1.82) is 0 Å². The minimum absolute atomic E-state index is 0.389. The second kappa shape index (κ2) is 8.09. The van der Waals surface area contributed by atoms with Crippen LogP contribution in [0.25, 0.3) is 44.5 Å². The molecule has 4 aromatic carbocycles. The van der Waals surface area contributed by atoms with Gasteiger partial charge in [-0.2, -0.15) is 0 Å². The Morgan fingerprint density at radius 2 is 0.744 bits per heavy atom. The van der Waals surface area contributed by atoms with Crippen LogP contribution in [0, 0.1) is 13.8 Å². The van der Waals surface area contributed by atoms with Gasteiger partial charge in [0.05, 0.1) is 5.41 Å². The number of pyridine rings is 2. The lowest BCUT2D eigenvalue weighted by Gasteiger charge is -2.31. The number of nitrogens with zero attached hydrogens (tertiary/aromatic N) is 2. The summed E-state index contributed by atoms with van der Waals surface area (Å²) in [6, 6.07) is 36.4. The second-order valence-corrected chi connectivity index (χ2v) is 10.8. The van der Waals surface area contributed by atoms with Crippen molar-refractivity contribution in [3.05, 3.63) is 155 Å². The van der Waals surface area contributed by atoms with E-state index in [2.05, 4.69) is 121 Å². The fraction of sp³-hybridized carbons (Fsp3) is 0.0811. The van der Waals surface area contributed by atoms with Gasteiger partial charge in [-0.3, -0.25) is 9.97 Å². The molecule has 184 valence electrons. The molecular formula is C37H26N2. The number of hydrogen-bond donors (Lipinski definition) is 0. The predicted molar refractivity (Wildman–Crippen MR) is 159 cm³/mol. The molecule has 1 spiro atoms. The first-order valence-corrected chi connectivity index (χ1v) is 13.5. The number of fused-ring (bicyclic) bond motifs is 10. The molecule has 0 bridgehead atoms. The largest absolute Gasteiger partial charge is 0.265 e. The summed E-state index contributed by atoms with van der Waals surface area (Å²) in [5, 5.41) is 0. The Hall–Kier alpha value is -4.82. The Morgan fingerprint density at radius 1 is 0.385 bits per heavy atom. The van der Waals surface area contributed by atoms with Crippen LogP contribution in [0.5, 0.6) is 0 Å². The Kier molecular flexibility index (Phi) is 4.60.